The van der Waals surface area contributed by atoms with Crippen molar-refractivity contribution in [1.82, 2.24) is 0 Å². The van der Waals surface area contributed by atoms with Crippen molar-refractivity contribution in [2.24, 2.45) is 0 Å². The fourth-order valence-corrected chi connectivity index (χ4v) is 1.26. The van der Waals surface area contributed by atoms with Crippen molar-refractivity contribution >= 4 is 15.9 Å². The van der Waals surface area contributed by atoms with E-state index in [0.29, 0.717) is 18.8 Å². The first-order chi connectivity index (χ1) is 6.72. The van der Waals surface area contributed by atoms with Crippen LogP contribution >= 0.6 is 15.9 Å². The average molecular weight is 259 g/mol. The molecule has 1 rings (SSSR count). The van der Waals surface area contributed by atoms with Gasteiger partial charge in [-0.2, -0.15) is 0 Å². The van der Waals surface area contributed by atoms with Crippen molar-refractivity contribution in [3.8, 4) is 5.75 Å². The SMILES string of the molecule is C=C(CCOc1cccc(Br)c1)OO. The summed E-state index contributed by atoms with van der Waals surface area (Å²) in [6.45, 7) is 3.89. The summed E-state index contributed by atoms with van der Waals surface area (Å²) in [6.07, 6.45) is 0.461. The Hall–Kier alpha value is -1.00. The van der Waals surface area contributed by atoms with Gasteiger partial charge in [0, 0.05) is 10.9 Å². The molecule has 0 radical (unpaired) electrons. The van der Waals surface area contributed by atoms with Gasteiger partial charge in [-0.3, -0.25) is 0 Å². The molecule has 0 saturated heterocycles. The molecule has 0 fully saturated rings. The molecule has 0 heterocycles. The zero-order chi connectivity index (χ0) is 10.4. The van der Waals surface area contributed by atoms with E-state index < -0.39 is 0 Å². The Morgan fingerprint density at radius 3 is 2.93 bits per heavy atom. The number of hydrogen-bond donors (Lipinski definition) is 1. The average Bonchev–Trinajstić information content (AvgIpc) is 2.17. The van der Waals surface area contributed by atoms with Crippen LogP contribution in [0.4, 0.5) is 0 Å². The molecule has 0 unspecified atom stereocenters. The van der Waals surface area contributed by atoms with E-state index in [0.717, 1.165) is 10.2 Å². The van der Waals surface area contributed by atoms with Gasteiger partial charge in [0.2, 0.25) is 0 Å². The largest absolute Gasteiger partial charge is 0.493 e. The lowest BCUT2D eigenvalue weighted by atomic mass is 10.3. The van der Waals surface area contributed by atoms with Crippen LogP contribution in [0, 0.1) is 0 Å². The van der Waals surface area contributed by atoms with Gasteiger partial charge in [-0.25, -0.2) is 5.26 Å². The van der Waals surface area contributed by atoms with Crippen LogP contribution in [0.15, 0.2) is 41.1 Å². The number of halogens is 1. The lowest BCUT2D eigenvalue weighted by Gasteiger charge is -2.06. The van der Waals surface area contributed by atoms with Gasteiger partial charge in [-0.05, 0) is 18.2 Å². The van der Waals surface area contributed by atoms with Crippen LogP contribution < -0.4 is 4.74 Å². The molecular formula is C10H11BrO3. The Morgan fingerprint density at radius 1 is 1.50 bits per heavy atom. The molecule has 0 aliphatic carbocycles. The first kappa shape index (κ1) is 11.1. The van der Waals surface area contributed by atoms with Crippen LogP contribution in [-0.4, -0.2) is 11.9 Å². The van der Waals surface area contributed by atoms with Gasteiger partial charge in [0.25, 0.3) is 0 Å². The molecule has 0 bridgehead atoms. The van der Waals surface area contributed by atoms with Crippen LogP contribution in [0.2, 0.25) is 0 Å². The second-order valence-electron chi connectivity index (χ2n) is 2.69. The molecule has 0 aromatic heterocycles. The molecule has 0 amide bonds. The Balaban J connectivity index is 2.35. The van der Waals surface area contributed by atoms with Crippen LogP contribution in [-0.2, 0) is 4.89 Å². The van der Waals surface area contributed by atoms with Crippen molar-refractivity contribution in [2.75, 3.05) is 6.61 Å². The Bertz CT molecular complexity index is 312. The Morgan fingerprint density at radius 2 is 2.29 bits per heavy atom. The lowest BCUT2D eigenvalue weighted by Crippen LogP contribution is -1.99. The van der Waals surface area contributed by atoms with Gasteiger partial charge in [0.15, 0.2) is 0 Å². The Kier molecular flexibility index (Phi) is 4.49. The fourth-order valence-electron chi connectivity index (χ4n) is 0.885. The summed E-state index contributed by atoms with van der Waals surface area (Å²) in [5.41, 5.74) is 0. The minimum absolute atomic E-state index is 0.292. The highest BCUT2D eigenvalue weighted by molar-refractivity contribution is 9.10. The van der Waals surface area contributed by atoms with E-state index >= 15 is 0 Å². The molecule has 1 aromatic carbocycles. The highest BCUT2D eigenvalue weighted by atomic mass is 79.9. The molecule has 1 N–H and O–H groups in total. The van der Waals surface area contributed by atoms with E-state index in [1.807, 2.05) is 24.3 Å². The molecule has 3 nitrogen and oxygen atoms in total. The van der Waals surface area contributed by atoms with Crippen molar-refractivity contribution in [3.05, 3.63) is 41.1 Å². The quantitative estimate of drug-likeness (QED) is 0.501. The van der Waals surface area contributed by atoms with Crippen LogP contribution in [0.1, 0.15) is 6.42 Å². The zero-order valence-corrected chi connectivity index (χ0v) is 9.16. The number of rotatable bonds is 5. The summed E-state index contributed by atoms with van der Waals surface area (Å²) in [5, 5.41) is 8.21. The molecule has 0 atom stereocenters. The van der Waals surface area contributed by atoms with Crippen molar-refractivity contribution in [2.45, 2.75) is 6.42 Å². The predicted octanol–water partition coefficient (Wildman–Crippen LogP) is 3.22. The molecule has 76 valence electrons. The van der Waals surface area contributed by atoms with Gasteiger partial charge in [0.05, 0.1) is 6.61 Å². The van der Waals surface area contributed by atoms with Crippen molar-refractivity contribution < 1.29 is 14.9 Å². The van der Waals surface area contributed by atoms with Crippen LogP contribution in [0.25, 0.3) is 0 Å². The summed E-state index contributed by atoms with van der Waals surface area (Å²) >= 11 is 3.33. The number of hydrogen-bond acceptors (Lipinski definition) is 3. The predicted molar refractivity (Wildman–Crippen MR) is 57.1 cm³/mol. The first-order valence-electron chi connectivity index (χ1n) is 4.10. The maximum atomic E-state index is 8.21. The van der Waals surface area contributed by atoms with Crippen molar-refractivity contribution in [1.29, 1.82) is 0 Å². The summed E-state index contributed by atoms with van der Waals surface area (Å²) in [4.78, 5) is 3.93. The summed E-state index contributed by atoms with van der Waals surface area (Å²) < 4.78 is 6.34. The molecule has 0 aliphatic rings. The fraction of sp³-hybridized carbons (Fsp3) is 0.200. The standard InChI is InChI=1S/C10H11BrO3/c1-8(14-12)5-6-13-10-4-2-3-9(11)7-10/h2-4,7,12H,1,5-6H2. The first-order valence-corrected chi connectivity index (χ1v) is 4.89. The highest BCUT2D eigenvalue weighted by Crippen LogP contribution is 2.18. The minimum atomic E-state index is 0.292. The maximum Gasteiger partial charge on any atom is 0.138 e. The van der Waals surface area contributed by atoms with E-state index in [1.165, 1.54) is 0 Å². The second kappa shape index (κ2) is 5.67. The highest BCUT2D eigenvalue weighted by Gasteiger charge is 1.97. The third kappa shape index (κ3) is 3.81. The van der Waals surface area contributed by atoms with Gasteiger partial charge < -0.3 is 9.62 Å². The maximum absolute atomic E-state index is 8.21. The molecule has 0 spiro atoms. The number of benzene rings is 1. The smallest absolute Gasteiger partial charge is 0.138 e. The van der Waals surface area contributed by atoms with Crippen LogP contribution in [0.5, 0.6) is 5.75 Å². The van der Waals surface area contributed by atoms with Gasteiger partial charge in [-0.15, -0.1) is 0 Å². The third-order valence-electron chi connectivity index (χ3n) is 1.57. The van der Waals surface area contributed by atoms with E-state index in [-0.39, 0.29) is 0 Å². The third-order valence-corrected chi connectivity index (χ3v) is 2.07. The normalized spacial score (nSPS) is 9.57. The summed E-state index contributed by atoms with van der Waals surface area (Å²) in [6, 6.07) is 7.52. The summed E-state index contributed by atoms with van der Waals surface area (Å²) in [5.74, 6) is 1.06. The zero-order valence-electron chi connectivity index (χ0n) is 7.57. The lowest BCUT2D eigenvalue weighted by molar-refractivity contribution is -0.205. The minimum Gasteiger partial charge on any atom is -0.493 e. The topological polar surface area (TPSA) is 38.7 Å². The molecule has 1 aromatic rings. The monoisotopic (exact) mass is 258 g/mol. The number of ether oxygens (including phenoxy) is 1. The Labute approximate surface area is 91.0 Å². The van der Waals surface area contributed by atoms with Crippen molar-refractivity contribution in [3.63, 3.8) is 0 Å². The van der Waals surface area contributed by atoms with E-state index in [1.54, 1.807) is 0 Å². The second-order valence-corrected chi connectivity index (χ2v) is 3.60. The molecule has 4 heteroatoms. The van der Waals surface area contributed by atoms with E-state index in [9.17, 15) is 0 Å². The van der Waals surface area contributed by atoms with Gasteiger partial charge >= 0.3 is 0 Å². The molecule has 0 saturated carbocycles. The van der Waals surface area contributed by atoms with E-state index in [2.05, 4.69) is 27.4 Å². The van der Waals surface area contributed by atoms with Gasteiger partial charge in [-0.1, -0.05) is 28.6 Å². The van der Waals surface area contributed by atoms with Gasteiger partial charge in [0.1, 0.15) is 11.5 Å². The van der Waals surface area contributed by atoms with Crippen LogP contribution in [0.3, 0.4) is 0 Å². The molecule has 14 heavy (non-hydrogen) atoms. The molecular weight excluding hydrogens is 248 g/mol. The van der Waals surface area contributed by atoms with E-state index in [4.69, 9.17) is 9.99 Å². The summed E-state index contributed by atoms with van der Waals surface area (Å²) in [7, 11) is 0. The molecule has 0 aliphatic heterocycles.